The fourth-order valence-corrected chi connectivity index (χ4v) is 0.920. The largest absolute Gasteiger partial charge is 0.273 e. The van der Waals surface area contributed by atoms with Crippen LogP contribution in [0.2, 0.25) is 0 Å². The number of amides is 1. The zero-order chi connectivity index (χ0) is 7.72. The predicted octanol–water partition coefficient (Wildman–Crippen LogP) is 0.861. The third-order valence-corrected chi connectivity index (χ3v) is 1.80. The Morgan fingerprint density at radius 3 is 2.60 bits per heavy atom. The molecule has 0 saturated carbocycles. The summed E-state index contributed by atoms with van der Waals surface area (Å²) in [5, 5.41) is 5.58. The van der Waals surface area contributed by atoms with Crippen molar-refractivity contribution in [2.24, 2.45) is 11.0 Å². The zero-order valence-corrected chi connectivity index (χ0v) is 6.59. The Balaban J connectivity index is 2.65. The third-order valence-electron chi connectivity index (χ3n) is 1.80. The van der Waals surface area contributed by atoms with Crippen LogP contribution in [0.5, 0.6) is 0 Å². The first-order valence-corrected chi connectivity index (χ1v) is 3.44. The first kappa shape index (κ1) is 7.25. The number of rotatable bonds is 0. The molecule has 0 aromatic rings. The molecule has 0 unspecified atom stereocenters. The quantitative estimate of drug-likeness (QED) is 0.491. The standard InChI is InChI=1S/C7H12N2O/c1-5-4-9(7(3)10)8-6(5)2/h5H,4H2,1-3H3/t5-/m0/s1. The maximum Gasteiger partial charge on any atom is 0.239 e. The van der Waals surface area contributed by atoms with E-state index in [9.17, 15) is 4.79 Å². The fraction of sp³-hybridized carbons (Fsp3) is 0.714. The fourth-order valence-electron chi connectivity index (χ4n) is 0.920. The summed E-state index contributed by atoms with van der Waals surface area (Å²) in [6.45, 7) is 6.31. The minimum absolute atomic E-state index is 0.0312. The Kier molecular flexibility index (Phi) is 1.74. The normalized spacial score (nSPS) is 24.9. The van der Waals surface area contributed by atoms with Crippen LogP contribution in [0.25, 0.3) is 0 Å². The molecule has 0 radical (unpaired) electrons. The number of hydrogen-bond acceptors (Lipinski definition) is 2. The van der Waals surface area contributed by atoms with Crippen LogP contribution >= 0.6 is 0 Å². The average Bonchev–Trinajstić information content (AvgIpc) is 2.13. The molecular weight excluding hydrogens is 128 g/mol. The van der Waals surface area contributed by atoms with Crippen molar-refractivity contribution in [3.8, 4) is 0 Å². The Hall–Kier alpha value is -0.860. The highest BCUT2D eigenvalue weighted by molar-refractivity contribution is 5.88. The molecule has 1 rings (SSSR count). The summed E-state index contributed by atoms with van der Waals surface area (Å²) < 4.78 is 0. The van der Waals surface area contributed by atoms with Gasteiger partial charge in [-0.25, -0.2) is 5.01 Å². The molecule has 1 aliphatic rings. The van der Waals surface area contributed by atoms with Gasteiger partial charge in [-0.05, 0) is 6.92 Å². The number of carbonyl (C=O) groups is 1. The Morgan fingerprint density at radius 2 is 2.40 bits per heavy atom. The second kappa shape index (κ2) is 2.40. The number of hydrogen-bond donors (Lipinski definition) is 0. The van der Waals surface area contributed by atoms with Gasteiger partial charge in [-0.1, -0.05) is 6.92 Å². The van der Waals surface area contributed by atoms with Gasteiger partial charge in [-0.15, -0.1) is 0 Å². The summed E-state index contributed by atoms with van der Waals surface area (Å²) in [7, 11) is 0. The first-order chi connectivity index (χ1) is 4.61. The molecule has 0 bridgehead atoms. The van der Waals surface area contributed by atoms with Gasteiger partial charge in [0.1, 0.15) is 0 Å². The van der Waals surface area contributed by atoms with Crippen LogP contribution in [0.1, 0.15) is 20.8 Å². The highest BCUT2D eigenvalue weighted by Gasteiger charge is 2.21. The van der Waals surface area contributed by atoms with Crippen LogP contribution in [0.4, 0.5) is 0 Å². The van der Waals surface area contributed by atoms with Crippen molar-refractivity contribution in [3.05, 3.63) is 0 Å². The zero-order valence-electron chi connectivity index (χ0n) is 6.59. The highest BCUT2D eigenvalue weighted by Crippen LogP contribution is 2.11. The Labute approximate surface area is 60.7 Å². The maximum absolute atomic E-state index is 10.8. The summed E-state index contributed by atoms with van der Waals surface area (Å²) in [5.41, 5.74) is 1.05. The molecule has 10 heavy (non-hydrogen) atoms. The molecule has 0 saturated heterocycles. The molecule has 0 aromatic heterocycles. The van der Waals surface area contributed by atoms with E-state index in [1.165, 1.54) is 11.9 Å². The lowest BCUT2D eigenvalue weighted by molar-refractivity contribution is -0.128. The molecule has 0 spiro atoms. The van der Waals surface area contributed by atoms with E-state index in [2.05, 4.69) is 12.0 Å². The molecule has 0 aliphatic carbocycles. The van der Waals surface area contributed by atoms with E-state index in [0.717, 1.165) is 12.3 Å². The van der Waals surface area contributed by atoms with Crippen LogP contribution < -0.4 is 0 Å². The van der Waals surface area contributed by atoms with E-state index >= 15 is 0 Å². The van der Waals surface area contributed by atoms with Gasteiger partial charge in [-0.3, -0.25) is 4.79 Å². The van der Waals surface area contributed by atoms with Crippen molar-refractivity contribution in [2.45, 2.75) is 20.8 Å². The average molecular weight is 140 g/mol. The molecule has 1 amide bonds. The van der Waals surface area contributed by atoms with Gasteiger partial charge in [0.05, 0.1) is 6.54 Å². The molecule has 0 aromatic carbocycles. The van der Waals surface area contributed by atoms with Crippen molar-refractivity contribution in [1.29, 1.82) is 0 Å². The van der Waals surface area contributed by atoms with E-state index in [1.54, 1.807) is 0 Å². The summed E-state index contributed by atoms with van der Waals surface area (Å²) in [4.78, 5) is 10.8. The first-order valence-electron chi connectivity index (χ1n) is 3.44. The number of hydrazone groups is 1. The van der Waals surface area contributed by atoms with E-state index in [1.807, 2.05) is 6.92 Å². The van der Waals surface area contributed by atoms with Gasteiger partial charge in [0, 0.05) is 18.6 Å². The van der Waals surface area contributed by atoms with Gasteiger partial charge < -0.3 is 0 Å². The summed E-state index contributed by atoms with van der Waals surface area (Å²) in [6, 6.07) is 0. The molecule has 3 nitrogen and oxygen atoms in total. The molecule has 0 fully saturated rings. The van der Waals surface area contributed by atoms with E-state index < -0.39 is 0 Å². The van der Waals surface area contributed by atoms with Crippen LogP contribution in [0, 0.1) is 5.92 Å². The van der Waals surface area contributed by atoms with E-state index in [4.69, 9.17) is 0 Å². The minimum Gasteiger partial charge on any atom is -0.273 e. The third kappa shape index (κ3) is 1.17. The molecule has 56 valence electrons. The molecular formula is C7H12N2O. The number of nitrogens with zero attached hydrogens (tertiary/aromatic N) is 2. The topological polar surface area (TPSA) is 32.7 Å². The lowest BCUT2D eigenvalue weighted by Gasteiger charge is -2.07. The van der Waals surface area contributed by atoms with Gasteiger partial charge in [0.15, 0.2) is 0 Å². The molecule has 1 atom stereocenters. The Morgan fingerprint density at radius 1 is 1.80 bits per heavy atom. The van der Waals surface area contributed by atoms with Crippen molar-refractivity contribution >= 4 is 11.6 Å². The second-order valence-electron chi connectivity index (χ2n) is 2.74. The molecule has 3 heteroatoms. The lowest BCUT2D eigenvalue weighted by atomic mass is 10.1. The van der Waals surface area contributed by atoms with Gasteiger partial charge in [-0.2, -0.15) is 5.10 Å². The molecule has 1 aliphatic heterocycles. The Bertz CT molecular complexity index is 186. The predicted molar refractivity (Wildman–Crippen MR) is 39.7 cm³/mol. The highest BCUT2D eigenvalue weighted by atomic mass is 16.2. The van der Waals surface area contributed by atoms with Crippen LogP contribution in [0.15, 0.2) is 5.10 Å². The van der Waals surface area contributed by atoms with Crippen molar-refractivity contribution in [1.82, 2.24) is 5.01 Å². The molecule has 1 heterocycles. The summed E-state index contributed by atoms with van der Waals surface area (Å²) >= 11 is 0. The SMILES string of the molecule is CC(=O)N1C[C@H](C)C(C)=N1. The monoisotopic (exact) mass is 140 g/mol. The molecule has 0 N–H and O–H groups in total. The van der Waals surface area contributed by atoms with Gasteiger partial charge >= 0.3 is 0 Å². The summed E-state index contributed by atoms with van der Waals surface area (Å²) in [6.07, 6.45) is 0. The van der Waals surface area contributed by atoms with Crippen molar-refractivity contribution < 1.29 is 4.79 Å². The van der Waals surface area contributed by atoms with E-state index in [-0.39, 0.29) is 5.91 Å². The summed E-state index contributed by atoms with van der Waals surface area (Å²) in [5.74, 6) is 0.465. The van der Waals surface area contributed by atoms with Crippen LogP contribution in [-0.2, 0) is 4.79 Å². The second-order valence-corrected chi connectivity index (χ2v) is 2.74. The van der Waals surface area contributed by atoms with Gasteiger partial charge in [0.2, 0.25) is 5.91 Å². The minimum atomic E-state index is 0.0312. The van der Waals surface area contributed by atoms with E-state index in [0.29, 0.717) is 5.92 Å². The maximum atomic E-state index is 10.8. The number of carbonyl (C=O) groups excluding carboxylic acids is 1. The lowest BCUT2D eigenvalue weighted by Crippen LogP contribution is -2.22. The van der Waals surface area contributed by atoms with Crippen molar-refractivity contribution in [2.75, 3.05) is 6.54 Å². The van der Waals surface area contributed by atoms with Gasteiger partial charge in [0.25, 0.3) is 0 Å². The smallest absolute Gasteiger partial charge is 0.239 e. The van der Waals surface area contributed by atoms with Crippen molar-refractivity contribution in [3.63, 3.8) is 0 Å². The van der Waals surface area contributed by atoms with Crippen LogP contribution in [0.3, 0.4) is 0 Å². The van der Waals surface area contributed by atoms with Crippen LogP contribution in [-0.4, -0.2) is 23.2 Å².